The molecule has 0 saturated carbocycles. The van der Waals surface area contributed by atoms with Crippen LogP contribution in [-0.4, -0.2) is 47.9 Å². The van der Waals surface area contributed by atoms with E-state index in [1.807, 2.05) is 59.5 Å². The molecule has 6 heteroatoms. The number of ketones is 1. The number of urea groups is 1. The Labute approximate surface area is 163 Å². The van der Waals surface area contributed by atoms with Gasteiger partial charge in [-0.25, -0.2) is 4.79 Å². The van der Waals surface area contributed by atoms with Crippen molar-refractivity contribution < 1.29 is 9.59 Å². The van der Waals surface area contributed by atoms with Gasteiger partial charge in [0.2, 0.25) is 0 Å². The van der Waals surface area contributed by atoms with Crippen LogP contribution in [0.15, 0.2) is 60.8 Å². The van der Waals surface area contributed by atoms with Gasteiger partial charge in [-0.2, -0.15) is 0 Å². The van der Waals surface area contributed by atoms with Crippen LogP contribution in [0.1, 0.15) is 17.3 Å². The van der Waals surface area contributed by atoms with Crippen molar-refractivity contribution in [2.75, 3.05) is 36.4 Å². The second kappa shape index (κ2) is 7.68. The first-order chi connectivity index (χ1) is 13.6. The lowest BCUT2D eigenvalue weighted by atomic mass is 10.1. The Bertz CT molecular complexity index is 1020. The molecular formula is C22H22N4O2. The van der Waals surface area contributed by atoms with Crippen LogP contribution in [0.5, 0.6) is 0 Å². The molecule has 0 radical (unpaired) electrons. The zero-order valence-corrected chi connectivity index (χ0v) is 15.8. The summed E-state index contributed by atoms with van der Waals surface area (Å²) in [4.78, 5) is 32.7. The molecular weight excluding hydrogens is 352 g/mol. The maximum atomic E-state index is 12.7. The summed E-state index contributed by atoms with van der Waals surface area (Å²) in [5, 5.41) is 3.99. The van der Waals surface area contributed by atoms with Crippen LogP contribution in [0.3, 0.4) is 0 Å². The number of hydrogen-bond donors (Lipinski definition) is 1. The van der Waals surface area contributed by atoms with E-state index in [2.05, 4.69) is 15.2 Å². The molecule has 0 atom stereocenters. The van der Waals surface area contributed by atoms with Crippen molar-refractivity contribution in [1.29, 1.82) is 0 Å². The number of amides is 2. The normalized spacial score (nSPS) is 14.2. The number of carbonyl (C=O) groups is 2. The van der Waals surface area contributed by atoms with Gasteiger partial charge >= 0.3 is 6.03 Å². The van der Waals surface area contributed by atoms with E-state index in [4.69, 9.17) is 0 Å². The first kappa shape index (κ1) is 18.0. The van der Waals surface area contributed by atoms with Crippen LogP contribution in [-0.2, 0) is 0 Å². The highest BCUT2D eigenvalue weighted by Gasteiger charge is 2.22. The predicted molar refractivity (Wildman–Crippen MR) is 111 cm³/mol. The number of fused-ring (bicyclic) bond motifs is 1. The number of para-hydroxylation sites is 1. The van der Waals surface area contributed by atoms with E-state index >= 15 is 0 Å². The summed E-state index contributed by atoms with van der Waals surface area (Å²) >= 11 is 0. The first-order valence-corrected chi connectivity index (χ1v) is 9.37. The van der Waals surface area contributed by atoms with Crippen LogP contribution >= 0.6 is 0 Å². The number of nitrogens with one attached hydrogen (secondary N) is 1. The zero-order chi connectivity index (χ0) is 19.5. The quantitative estimate of drug-likeness (QED) is 0.709. The van der Waals surface area contributed by atoms with Gasteiger partial charge in [-0.3, -0.25) is 9.78 Å². The monoisotopic (exact) mass is 374 g/mol. The lowest BCUT2D eigenvalue weighted by Gasteiger charge is -2.36. The SMILES string of the molecule is CC(=O)c1cccc(N2CCN(C(=O)Nc3cccc4cccnc34)CC2)c1. The fourth-order valence-electron chi connectivity index (χ4n) is 3.49. The van der Waals surface area contributed by atoms with E-state index in [-0.39, 0.29) is 11.8 Å². The Morgan fingerprint density at radius 2 is 1.71 bits per heavy atom. The third-order valence-corrected chi connectivity index (χ3v) is 5.06. The lowest BCUT2D eigenvalue weighted by Crippen LogP contribution is -2.50. The van der Waals surface area contributed by atoms with Crippen molar-refractivity contribution in [3.63, 3.8) is 0 Å². The number of rotatable bonds is 3. The number of benzene rings is 2. The minimum Gasteiger partial charge on any atom is -0.368 e. The average Bonchev–Trinajstić information content (AvgIpc) is 2.74. The van der Waals surface area contributed by atoms with Crippen LogP contribution in [0.2, 0.25) is 0 Å². The van der Waals surface area contributed by atoms with E-state index in [0.29, 0.717) is 18.7 Å². The van der Waals surface area contributed by atoms with Crippen molar-refractivity contribution in [3.05, 3.63) is 66.4 Å². The van der Waals surface area contributed by atoms with Gasteiger partial charge in [-0.05, 0) is 31.2 Å². The summed E-state index contributed by atoms with van der Waals surface area (Å²) in [6.45, 7) is 4.26. The fraction of sp³-hybridized carbons (Fsp3) is 0.227. The second-order valence-corrected chi connectivity index (χ2v) is 6.89. The number of anilines is 2. The molecule has 4 rings (SSSR count). The van der Waals surface area contributed by atoms with Gasteiger partial charge in [0.1, 0.15) is 0 Å². The van der Waals surface area contributed by atoms with Gasteiger partial charge in [0, 0.05) is 49.0 Å². The first-order valence-electron chi connectivity index (χ1n) is 9.37. The summed E-state index contributed by atoms with van der Waals surface area (Å²) in [5.41, 5.74) is 3.24. The Balaban J connectivity index is 1.41. The summed E-state index contributed by atoms with van der Waals surface area (Å²) in [6, 6.07) is 17.2. The van der Waals surface area contributed by atoms with E-state index in [1.165, 1.54) is 0 Å². The Morgan fingerprint density at radius 3 is 2.50 bits per heavy atom. The average molecular weight is 374 g/mol. The number of nitrogens with zero attached hydrogens (tertiary/aromatic N) is 3. The number of aromatic nitrogens is 1. The molecule has 0 aliphatic carbocycles. The molecule has 6 nitrogen and oxygen atoms in total. The third-order valence-electron chi connectivity index (χ3n) is 5.06. The largest absolute Gasteiger partial charge is 0.368 e. The maximum Gasteiger partial charge on any atom is 0.322 e. The number of hydrogen-bond acceptors (Lipinski definition) is 4. The van der Waals surface area contributed by atoms with Crippen molar-refractivity contribution in [2.45, 2.75) is 6.92 Å². The van der Waals surface area contributed by atoms with E-state index < -0.39 is 0 Å². The van der Waals surface area contributed by atoms with E-state index in [1.54, 1.807) is 13.1 Å². The molecule has 0 spiro atoms. The standard InChI is InChI=1S/C22H22N4O2/c1-16(27)18-6-2-8-19(15-18)25-11-13-26(14-12-25)22(28)24-20-9-3-5-17-7-4-10-23-21(17)20/h2-10,15H,11-14H2,1H3,(H,24,28). The lowest BCUT2D eigenvalue weighted by molar-refractivity contribution is 0.101. The van der Waals surface area contributed by atoms with Crippen molar-refractivity contribution in [2.24, 2.45) is 0 Å². The van der Waals surface area contributed by atoms with Gasteiger partial charge in [0.15, 0.2) is 5.78 Å². The van der Waals surface area contributed by atoms with Crippen molar-refractivity contribution in [3.8, 4) is 0 Å². The fourth-order valence-corrected chi connectivity index (χ4v) is 3.49. The molecule has 142 valence electrons. The van der Waals surface area contributed by atoms with Gasteiger partial charge in [0.25, 0.3) is 0 Å². The Kier molecular flexibility index (Phi) is 4.93. The van der Waals surface area contributed by atoms with Gasteiger partial charge < -0.3 is 15.1 Å². The highest BCUT2D eigenvalue weighted by Crippen LogP contribution is 2.22. The summed E-state index contributed by atoms with van der Waals surface area (Å²) in [7, 11) is 0. The van der Waals surface area contributed by atoms with E-state index in [9.17, 15) is 9.59 Å². The van der Waals surface area contributed by atoms with Gasteiger partial charge in [0.05, 0.1) is 11.2 Å². The van der Waals surface area contributed by atoms with Crippen LogP contribution in [0.4, 0.5) is 16.2 Å². The van der Waals surface area contributed by atoms with Crippen LogP contribution < -0.4 is 10.2 Å². The van der Waals surface area contributed by atoms with Crippen molar-refractivity contribution >= 4 is 34.1 Å². The predicted octanol–water partition coefficient (Wildman–Crippen LogP) is 3.79. The molecule has 28 heavy (non-hydrogen) atoms. The van der Waals surface area contributed by atoms with Gasteiger partial charge in [-0.15, -0.1) is 0 Å². The molecule has 1 aliphatic heterocycles. The maximum absolute atomic E-state index is 12.7. The minimum atomic E-state index is -0.115. The zero-order valence-electron chi connectivity index (χ0n) is 15.8. The smallest absolute Gasteiger partial charge is 0.322 e. The highest BCUT2D eigenvalue weighted by molar-refractivity contribution is 5.99. The molecule has 1 N–H and O–H groups in total. The van der Waals surface area contributed by atoms with E-state index in [0.717, 1.165) is 35.4 Å². The molecule has 2 aromatic carbocycles. The number of carbonyl (C=O) groups excluding carboxylic acids is 2. The Morgan fingerprint density at radius 1 is 0.964 bits per heavy atom. The summed E-state index contributed by atoms with van der Waals surface area (Å²) in [5.74, 6) is 0.0589. The topological polar surface area (TPSA) is 65.5 Å². The van der Waals surface area contributed by atoms with Gasteiger partial charge in [-0.1, -0.05) is 30.3 Å². The molecule has 1 aromatic heterocycles. The Hall–Kier alpha value is -3.41. The third kappa shape index (κ3) is 3.67. The molecule has 0 unspecified atom stereocenters. The summed E-state index contributed by atoms with van der Waals surface area (Å²) in [6.07, 6.45) is 1.73. The number of piperazine rings is 1. The molecule has 1 saturated heterocycles. The van der Waals surface area contributed by atoms with Crippen LogP contribution in [0, 0.1) is 0 Å². The number of pyridine rings is 1. The second-order valence-electron chi connectivity index (χ2n) is 6.89. The molecule has 1 fully saturated rings. The molecule has 0 bridgehead atoms. The van der Waals surface area contributed by atoms with Crippen LogP contribution in [0.25, 0.3) is 10.9 Å². The molecule has 1 aliphatic rings. The molecule has 2 amide bonds. The van der Waals surface area contributed by atoms with Crippen molar-refractivity contribution in [1.82, 2.24) is 9.88 Å². The molecule has 2 heterocycles. The number of Topliss-reactive ketones (excluding diaryl/α,β-unsaturated/α-hetero) is 1. The summed E-state index contributed by atoms with van der Waals surface area (Å²) < 4.78 is 0. The highest BCUT2D eigenvalue weighted by atomic mass is 16.2. The molecule has 3 aromatic rings. The minimum absolute atomic E-state index is 0.0589.